The molecule has 0 unspecified atom stereocenters. The number of amides is 1. The van der Waals surface area contributed by atoms with E-state index < -0.39 is 5.97 Å². The average Bonchev–Trinajstić information content (AvgIpc) is 2.86. The number of aliphatic carboxylic acids is 1. The van der Waals surface area contributed by atoms with Gasteiger partial charge in [-0.3, -0.25) is 9.59 Å². The number of ether oxygens (including phenoxy) is 1. The Hall–Kier alpha value is -2.90. The molecule has 1 amide bonds. The van der Waals surface area contributed by atoms with Crippen LogP contribution in [0.2, 0.25) is 0 Å². The molecule has 8 heteroatoms. The molecule has 2 rings (SSSR count). The fourth-order valence-electron chi connectivity index (χ4n) is 1.63. The second-order valence-electron chi connectivity index (χ2n) is 4.11. The molecule has 0 spiro atoms. The van der Waals surface area contributed by atoms with Gasteiger partial charge in [-0.1, -0.05) is 5.21 Å². The van der Waals surface area contributed by atoms with Gasteiger partial charge in [-0.05, 0) is 31.2 Å². The zero-order valence-corrected chi connectivity index (χ0v) is 11.3. The first-order valence-corrected chi connectivity index (χ1v) is 6.24. The van der Waals surface area contributed by atoms with Crippen LogP contribution in [0.4, 0.5) is 5.82 Å². The van der Waals surface area contributed by atoms with Gasteiger partial charge in [-0.15, -0.1) is 5.10 Å². The number of carboxylic acids is 1. The number of carbonyl (C=O) groups excluding carboxylic acids is 1. The number of nitrogens with zero attached hydrogens (tertiary/aromatic N) is 3. The molecule has 0 aliphatic rings. The molecule has 2 aromatic rings. The second kappa shape index (κ2) is 6.51. The fourth-order valence-corrected chi connectivity index (χ4v) is 1.63. The molecule has 0 saturated carbocycles. The predicted molar refractivity (Wildman–Crippen MR) is 73.2 cm³/mol. The van der Waals surface area contributed by atoms with E-state index in [9.17, 15) is 9.59 Å². The molecule has 0 fully saturated rings. The van der Waals surface area contributed by atoms with Gasteiger partial charge in [0, 0.05) is 5.56 Å². The molecule has 21 heavy (non-hydrogen) atoms. The Bertz CT molecular complexity index is 636. The quantitative estimate of drug-likeness (QED) is 0.822. The van der Waals surface area contributed by atoms with E-state index >= 15 is 0 Å². The van der Waals surface area contributed by atoms with E-state index in [1.54, 1.807) is 24.3 Å². The summed E-state index contributed by atoms with van der Waals surface area (Å²) in [6.07, 6.45) is 1.35. The highest BCUT2D eigenvalue weighted by molar-refractivity contribution is 6.03. The van der Waals surface area contributed by atoms with Crippen molar-refractivity contribution in [3.05, 3.63) is 36.0 Å². The van der Waals surface area contributed by atoms with Gasteiger partial charge in [0.15, 0.2) is 5.82 Å². The smallest absolute Gasteiger partial charge is 0.325 e. The summed E-state index contributed by atoms with van der Waals surface area (Å²) < 4.78 is 6.41. The van der Waals surface area contributed by atoms with Crippen molar-refractivity contribution in [3.8, 4) is 5.75 Å². The Morgan fingerprint density at radius 1 is 1.33 bits per heavy atom. The van der Waals surface area contributed by atoms with Crippen molar-refractivity contribution >= 4 is 17.7 Å². The van der Waals surface area contributed by atoms with Crippen LogP contribution >= 0.6 is 0 Å². The molecule has 0 atom stereocenters. The minimum atomic E-state index is -1.04. The highest BCUT2D eigenvalue weighted by Gasteiger charge is 2.10. The maximum absolute atomic E-state index is 12.0. The van der Waals surface area contributed by atoms with Crippen LogP contribution in [-0.2, 0) is 11.3 Å². The SMILES string of the molecule is CCOc1ccc(C(=O)Nc2cn(CC(=O)O)nn2)cc1. The lowest BCUT2D eigenvalue weighted by atomic mass is 10.2. The summed E-state index contributed by atoms with van der Waals surface area (Å²) in [7, 11) is 0. The van der Waals surface area contributed by atoms with Crippen molar-refractivity contribution in [2.45, 2.75) is 13.5 Å². The molecule has 0 aliphatic carbocycles. The lowest BCUT2D eigenvalue weighted by Gasteiger charge is -2.04. The Labute approximate surface area is 120 Å². The van der Waals surface area contributed by atoms with Gasteiger partial charge in [-0.25, -0.2) is 4.68 Å². The number of aromatic nitrogens is 3. The molecule has 0 aliphatic heterocycles. The van der Waals surface area contributed by atoms with Crippen LogP contribution in [0.1, 0.15) is 17.3 Å². The standard InChI is InChI=1S/C13H14N4O4/c1-2-21-10-5-3-9(4-6-10)13(20)14-11-7-17(16-15-11)8-12(18)19/h3-7H,2,8H2,1H3,(H,14,20)(H,18,19). The van der Waals surface area contributed by atoms with E-state index in [1.165, 1.54) is 6.20 Å². The molecule has 110 valence electrons. The van der Waals surface area contributed by atoms with Crippen LogP contribution in [0.15, 0.2) is 30.5 Å². The van der Waals surface area contributed by atoms with Crippen molar-refractivity contribution in [3.63, 3.8) is 0 Å². The van der Waals surface area contributed by atoms with E-state index in [4.69, 9.17) is 9.84 Å². The number of anilines is 1. The summed E-state index contributed by atoms with van der Waals surface area (Å²) in [5, 5.41) is 18.4. The number of carboxylic acid groups (broad SMARTS) is 1. The second-order valence-corrected chi connectivity index (χ2v) is 4.11. The minimum absolute atomic E-state index is 0.190. The molecule has 8 nitrogen and oxygen atoms in total. The Kier molecular flexibility index (Phi) is 4.50. The van der Waals surface area contributed by atoms with Gasteiger partial charge in [0.05, 0.1) is 12.8 Å². The van der Waals surface area contributed by atoms with E-state index in [0.717, 1.165) is 4.68 Å². The highest BCUT2D eigenvalue weighted by Crippen LogP contribution is 2.13. The van der Waals surface area contributed by atoms with Crippen LogP contribution in [0.3, 0.4) is 0 Å². The fraction of sp³-hybridized carbons (Fsp3) is 0.231. The van der Waals surface area contributed by atoms with E-state index in [2.05, 4.69) is 15.6 Å². The number of benzene rings is 1. The van der Waals surface area contributed by atoms with Crippen molar-refractivity contribution < 1.29 is 19.4 Å². The molecule has 1 aromatic carbocycles. The van der Waals surface area contributed by atoms with Gasteiger partial charge in [-0.2, -0.15) is 0 Å². The third-order valence-electron chi connectivity index (χ3n) is 2.51. The summed E-state index contributed by atoms with van der Waals surface area (Å²) in [5.41, 5.74) is 0.436. The first-order valence-electron chi connectivity index (χ1n) is 6.24. The number of carbonyl (C=O) groups is 2. The van der Waals surface area contributed by atoms with Crippen molar-refractivity contribution in [1.82, 2.24) is 15.0 Å². The lowest BCUT2D eigenvalue weighted by molar-refractivity contribution is -0.137. The Morgan fingerprint density at radius 2 is 2.05 bits per heavy atom. The third kappa shape index (κ3) is 4.03. The highest BCUT2D eigenvalue weighted by atomic mass is 16.5. The summed E-state index contributed by atoms with van der Waals surface area (Å²) in [6.45, 7) is 2.12. The Balaban J connectivity index is 2.00. The van der Waals surface area contributed by atoms with Crippen LogP contribution in [0.25, 0.3) is 0 Å². The van der Waals surface area contributed by atoms with Gasteiger partial charge < -0.3 is 15.2 Å². The average molecular weight is 290 g/mol. The van der Waals surface area contributed by atoms with Crippen LogP contribution in [0, 0.1) is 0 Å². The monoisotopic (exact) mass is 290 g/mol. The van der Waals surface area contributed by atoms with Crippen molar-refractivity contribution in [2.24, 2.45) is 0 Å². The summed E-state index contributed by atoms with van der Waals surface area (Å²) in [6, 6.07) is 6.64. The van der Waals surface area contributed by atoms with Crippen molar-refractivity contribution in [1.29, 1.82) is 0 Å². The normalized spacial score (nSPS) is 10.1. The molecule has 2 N–H and O–H groups in total. The first-order chi connectivity index (χ1) is 10.1. The minimum Gasteiger partial charge on any atom is -0.494 e. The van der Waals surface area contributed by atoms with Gasteiger partial charge in [0.2, 0.25) is 0 Å². The van der Waals surface area contributed by atoms with Gasteiger partial charge in [0.25, 0.3) is 5.91 Å². The maximum Gasteiger partial charge on any atom is 0.325 e. The lowest BCUT2D eigenvalue weighted by Crippen LogP contribution is -2.12. The molecule has 1 heterocycles. The Morgan fingerprint density at radius 3 is 2.67 bits per heavy atom. The first kappa shape index (κ1) is 14.5. The van der Waals surface area contributed by atoms with Crippen LogP contribution in [-0.4, -0.2) is 38.6 Å². The van der Waals surface area contributed by atoms with Crippen LogP contribution < -0.4 is 10.1 Å². The van der Waals surface area contributed by atoms with E-state index in [-0.39, 0.29) is 18.3 Å². The number of hydrogen-bond acceptors (Lipinski definition) is 5. The molecular weight excluding hydrogens is 276 g/mol. The number of nitrogens with one attached hydrogen (secondary N) is 1. The van der Waals surface area contributed by atoms with Gasteiger partial charge >= 0.3 is 5.97 Å². The number of rotatable bonds is 6. The molecule has 1 aromatic heterocycles. The van der Waals surface area contributed by atoms with Crippen LogP contribution in [0.5, 0.6) is 5.75 Å². The zero-order valence-electron chi connectivity index (χ0n) is 11.3. The predicted octanol–water partition coefficient (Wildman–Crippen LogP) is 1.01. The summed E-state index contributed by atoms with van der Waals surface area (Å²) in [5.74, 6) is -0.527. The van der Waals surface area contributed by atoms with Gasteiger partial charge in [0.1, 0.15) is 12.3 Å². The summed E-state index contributed by atoms with van der Waals surface area (Å²) in [4.78, 5) is 22.5. The molecule has 0 bridgehead atoms. The summed E-state index contributed by atoms with van der Waals surface area (Å²) >= 11 is 0. The molecule has 0 saturated heterocycles. The van der Waals surface area contributed by atoms with Crippen molar-refractivity contribution in [2.75, 3.05) is 11.9 Å². The largest absolute Gasteiger partial charge is 0.494 e. The number of hydrogen-bond donors (Lipinski definition) is 2. The zero-order chi connectivity index (χ0) is 15.2. The van der Waals surface area contributed by atoms with E-state index in [1.807, 2.05) is 6.92 Å². The molecule has 0 radical (unpaired) electrons. The topological polar surface area (TPSA) is 106 Å². The van der Waals surface area contributed by atoms with E-state index in [0.29, 0.717) is 17.9 Å². The molecular formula is C13H14N4O4. The maximum atomic E-state index is 12.0. The third-order valence-corrected chi connectivity index (χ3v) is 2.51.